The largest absolute Gasteiger partial charge is 0.456 e. The summed E-state index contributed by atoms with van der Waals surface area (Å²) in [6.07, 6.45) is -0.0393. The Morgan fingerprint density at radius 2 is 1.78 bits per heavy atom. The van der Waals surface area contributed by atoms with Crippen LogP contribution in [0.25, 0.3) is 0 Å². The maximum absolute atomic E-state index is 13.4. The predicted octanol–water partition coefficient (Wildman–Crippen LogP) is 5.13. The molecular weight excluding hydrogens is 515 g/mol. The van der Waals surface area contributed by atoms with E-state index in [0.717, 1.165) is 17.0 Å². The first kappa shape index (κ1) is 27.2. The Balaban J connectivity index is 1.98. The molecule has 0 aromatic heterocycles. The summed E-state index contributed by atoms with van der Waals surface area (Å²) in [6, 6.07) is 10.2. The van der Waals surface area contributed by atoms with Crippen molar-refractivity contribution < 1.29 is 33.2 Å². The average Bonchev–Trinajstić information content (AvgIpc) is 2.81. The lowest BCUT2D eigenvalue weighted by atomic mass is 10.00. The lowest BCUT2D eigenvalue weighted by Gasteiger charge is -2.37. The number of nitro benzene ring substituents is 1. The maximum Gasteiger partial charge on any atom is 0.359 e. The van der Waals surface area contributed by atoms with Crippen molar-refractivity contribution in [1.29, 1.82) is 0 Å². The molecule has 0 radical (unpaired) electrons. The Morgan fingerprint density at radius 1 is 1.17 bits per heavy atom. The lowest BCUT2D eigenvalue weighted by Crippen LogP contribution is -2.51. The van der Waals surface area contributed by atoms with E-state index >= 15 is 0 Å². The van der Waals surface area contributed by atoms with Crippen LogP contribution in [0.5, 0.6) is 5.75 Å². The number of β-lactam (4-membered cyclic amide) rings is 1. The van der Waals surface area contributed by atoms with Crippen LogP contribution in [0.3, 0.4) is 0 Å². The van der Waals surface area contributed by atoms with E-state index in [2.05, 4.69) is 0 Å². The van der Waals surface area contributed by atoms with Gasteiger partial charge < -0.3 is 9.47 Å². The van der Waals surface area contributed by atoms with Gasteiger partial charge in [-0.1, -0.05) is 32.4 Å². The molecule has 0 saturated carbocycles. The number of non-ortho nitro benzene ring substituents is 1. The van der Waals surface area contributed by atoms with Gasteiger partial charge in [-0.05, 0) is 53.7 Å². The number of amides is 1. The highest BCUT2D eigenvalue weighted by molar-refractivity contribution is 8.16. The number of alkyl halides is 1. The summed E-state index contributed by atoms with van der Waals surface area (Å²) in [5.41, 5.74) is -1.77. The number of thioether (sulfide) groups is 1. The second-order valence-corrected chi connectivity index (χ2v) is 10.2. The molecule has 1 atom stereocenters. The first-order chi connectivity index (χ1) is 16.9. The Hall–Kier alpha value is -3.44. The summed E-state index contributed by atoms with van der Waals surface area (Å²) in [5.74, 6) is -1.90. The quantitative estimate of drug-likeness (QED) is 0.0666. The lowest BCUT2D eigenvalue weighted by molar-refractivity contribution is -0.384. The van der Waals surface area contributed by atoms with Gasteiger partial charge in [0.15, 0.2) is 10.8 Å². The molecule has 1 saturated heterocycles. The van der Waals surface area contributed by atoms with Crippen LogP contribution in [-0.4, -0.2) is 32.3 Å². The predicted molar refractivity (Wildman–Crippen MR) is 130 cm³/mol. The van der Waals surface area contributed by atoms with Crippen LogP contribution in [0.4, 0.5) is 10.1 Å². The van der Waals surface area contributed by atoms with Crippen LogP contribution in [0.2, 0.25) is 0 Å². The molecule has 1 aliphatic rings. The van der Waals surface area contributed by atoms with Crippen molar-refractivity contribution in [3.05, 3.63) is 80.8 Å². The molecule has 2 aromatic rings. The SMILES string of the molecule is CC(C)(C)C(=O)SC(Oc1ccc(F)cc1)=C(C(=O)OCc1ccc([N+](=O)[O-])cc1)N1C(=O)CC1Cl. The number of ether oxygens (including phenoxy) is 2. The van der Waals surface area contributed by atoms with Crippen LogP contribution < -0.4 is 4.74 Å². The topological polar surface area (TPSA) is 116 Å². The smallest absolute Gasteiger partial charge is 0.359 e. The highest BCUT2D eigenvalue weighted by atomic mass is 35.5. The van der Waals surface area contributed by atoms with Crippen molar-refractivity contribution in [2.45, 2.75) is 39.3 Å². The second kappa shape index (κ2) is 11.1. The summed E-state index contributed by atoms with van der Waals surface area (Å²) < 4.78 is 24.6. The summed E-state index contributed by atoms with van der Waals surface area (Å²) >= 11 is 6.80. The number of nitro groups is 1. The first-order valence-corrected chi connectivity index (χ1v) is 11.9. The molecule has 36 heavy (non-hydrogen) atoms. The molecule has 2 aromatic carbocycles. The van der Waals surface area contributed by atoms with E-state index in [9.17, 15) is 28.9 Å². The molecular formula is C24H22ClFN2O7S. The number of hydrogen-bond acceptors (Lipinski definition) is 8. The fraction of sp³-hybridized carbons (Fsp3) is 0.292. The number of likely N-dealkylation sites (tertiary alicyclic amines) is 1. The molecule has 3 rings (SSSR count). The molecule has 0 aliphatic carbocycles. The summed E-state index contributed by atoms with van der Waals surface area (Å²) in [5, 5.41) is 10.2. The van der Waals surface area contributed by atoms with Crippen molar-refractivity contribution in [2.24, 2.45) is 5.41 Å². The van der Waals surface area contributed by atoms with E-state index in [0.29, 0.717) is 17.3 Å². The molecule has 1 unspecified atom stereocenters. The number of esters is 1. The Bertz CT molecular complexity index is 1210. The van der Waals surface area contributed by atoms with Crippen molar-refractivity contribution in [3.63, 3.8) is 0 Å². The highest BCUT2D eigenvalue weighted by Crippen LogP contribution is 2.37. The van der Waals surface area contributed by atoms with Crippen LogP contribution in [0.15, 0.2) is 59.3 Å². The van der Waals surface area contributed by atoms with Gasteiger partial charge in [0.25, 0.3) is 5.69 Å². The molecule has 1 amide bonds. The minimum Gasteiger partial charge on any atom is -0.456 e. The van der Waals surface area contributed by atoms with Gasteiger partial charge in [0.05, 0.1) is 11.3 Å². The molecule has 0 bridgehead atoms. The standard InChI is InChI=1S/C24H22ClFN2O7S/c1-24(2,3)23(31)36-22(35-17-10-6-15(26)7-11-17)20(27-18(25)12-19(27)29)21(30)34-13-14-4-8-16(9-5-14)28(32)33/h4-11,18H,12-13H2,1-3H3. The zero-order valence-corrected chi connectivity index (χ0v) is 21.1. The number of halogens is 2. The molecule has 190 valence electrons. The fourth-order valence-corrected chi connectivity index (χ4v) is 4.05. The minimum absolute atomic E-state index is 0.0393. The Labute approximate surface area is 215 Å². The third-order valence-corrected chi connectivity index (χ3v) is 6.47. The van der Waals surface area contributed by atoms with E-state index in [1.807, 2.05) is 0 Å². The number of benzene rings is 2. The summed E-state index contributed by atoms with van der Waals surface area (Å²) in [4.78, 5) is 49.7. The average molecular weight is 537 g/mol. The molecule has 0 spiro atoms. The molecule has 12 heteroatoms. The van der Waals surface area contributed by atoms with Crippen molar-refractivity contribution in [2.75, 3.05) is 0 Å². The zero-order valence-electron chi connectivity index (χ0n) is 19.5. The third kappa shape index (κ3) is 6.61. The number of carbonyl (C=O) groups is 3. The van der Waals surface area contributed by atoms with Gasteiger partial charge in [-0.3, -0.25) is 24.6 Å². The van der Waals surface area contributed by atoms with E-state index < -0.39 is 33.5 Å². The minimum atomic E-state index is -1.00. The first-order valence-electron chi connectivity index (χ1n) is 10.6. The summed E-state index contributed by atoms with van der Waals surface area (Å²) in [7, 11) is 0. The van der Waals surface area contributed by atoms with Crippen LogP contribution in [0, 0.1) is 21.3 Å². The van der Waals surface area contributed by atoms with E-state index in [-0.39, 0.29) is 40.4 Å². The van der Waals surface area contributed by atoms with Gasteiger partial charge in [0, 0.05) is 17.5 Å². The number of nitrogens with zero attached hydrogens (tertiary/aromatic N) is 2. The Kier molecular flexibility index (Phi) is 8.36. The Morgan fingerprint density at radius 3 is 2.28 bits per heavy atom. The zero-order chi connectivity index (χ0) is 26.6. The number of carbonyl (C=O) groups excluding carboxylic acids is 3. The highest BCUT2D eigenvalue weighted by Gasteiger charge is 2.43. The number of rotatable bonds is 8. The molecule has 1 heterocycles. The van der Waals surface area contributed by atoms with E-state index in [1.54, 1.807) is 20.8 Å². The van der Waals surface area contributed by atoms with E-state index in [1.165, 1.54) is 36.4 Å². The monoisotopic (exact) mass is 536 g/mol. The summed E-state index contributed by atoms with van der Waals surface area (Å²) in [6.45, 7) is 4.73. The maximum atomic E-state index is 13.4. The van der Waals surface area contributed by atoms with E-state index in [4.69, 9.17) is 21.1 Å². The van der Waals surface area contributed by atoms with Crippen molar-refractivity contribution in [3.8, 4) is 5.75 Å². The molecule has 0 N–H and O–H groups in total. The van der Waals surface area contributed by atoms with Crippen molar-refractivity contribution >= 4 is 46.0 Å². The normalized spacial score (nSPS) is 16.1. The van der Waals surface area contributed by atoms with Crippen LogP contribution in [-0.2, 0) is 25.7 Å². The molecule has 1 fully saturated rings. The van der Waals surface area contributed by atoms with Gasteiger partial charge in [-0.25, -0.2) is 9.18 Å². The fourth-order valence-electron chi connectivity index (χ4n) is 2.82. The third-order valence-electron chi connectivity index (χ3n) is 4.86. The molecule has 9 nitrogen and oxygen atoms in total. The molecule has 1 aliphatic heterocycles. The second-order valence-electron chi connectivity index (χ2n) is 8.73. The number of hydrogen-bond donors (Lipinski definition) is 0. The van der Waals surface area contributed by atoms with Gasteiger partial charge in [0.2, 0.25) is 11.0 Å². The van der Waals surface area contributed by atoms with Gasteiger partial charge >= 0.3 is 5.97 Å². The van der Waals surface area contributed by atoms with Gasteiger partial charge in [-0.2, -0.15) is 0 Å². The van der Waals surface area contributed by atoms with Gasteiger partial charge in [0.1, 0.15) is 23.7 Å². The van der Waals surface area contributed by atoms with Crippen LogP contribution >= 0.6 is 23.4 Å². The van der Waals surface area contributed by atoms with Crippen molar-refractivity contribution in [1.82, 2.24) is 4.90 Å². The van der Waals surface area contributed by atoms with Gasteiger partial charge in [-0.15, -0.1) is 0 Å². The van der Waals surface area contributed by atoms with Crippen LogP contribution in [0.1, 0.15) is 32.8 Å².